The number of nitrogens with one attached hydrogen (secondary N) is 1. The zero-order valence-corrected chi connectivity index (χ0v) is 23.3. The standard InChI is InChI=1S/C29H36ClFN8O/c1-17(32)4-2-5-19-13-23(26(31)24(30)14-19)25-15-20-16-39(29(40)38-27(20)37-25)22-9-7-18(8-10-22)12-21(33)6-3-11-36-28(34)35/h7-10,13-17,21H,2-6,11-12,32-33H2,1H3,(H4,34,35,36)(H,37,38,40)/t17-,21+/m0/s1. The van der Waals surface area contributed by atoms with E-state index in [9.17, 15) is 4.79 Å². The lowest BCUT2D eigenvalue weighted by atomic mass is 10.0. The second kappa shape index (κ2) is 13.1. The summed E-state index contributed by atoms with van der Waals surface area (Å²) in [7, 11) is 0. The average molecular weight is 567 g/mol. The van der Waals surface area contributed by atoms with Crippen LogP contribution in [-0.4, -0.2) is 39.1 Å². The molecule has 0 aliphatic rings. The second-order valence-corrected chi connectivity index (χ2v) is 10.7. The number of H-pyrrole nitrogens is 1. The smallest absolute Gasteiger partial charge is 0.354 e. The molecule has 0 fully saturated rings. The Labute approximate surface area is 237 Å². The molecule has 0 aliphatic carbocycles. The van der Waals surface area contributed by atoms with E-state index >= 15 is 4.39 Å². The van der Waals surface area contributed by atoms with E-state index in [1.807, 2.05) is 31.2 Å². The fourth-order valence-electron chi connectivity index (χ4n) is 4.70. The molecule has 2 aromatic heterocycles. The van der Waals surface area contributed by atoms with Crippen LogP contribution in [0.2, 0.25) is 5.02 Å². The molecule has 4 aromatic rings. The van der Waals surface area contributed by atoms with Gasteiger partial charge in [-0.15, -0.1) is 0 Å². The summed E-state index contributed by atoms with van der Waals surface area (Å²) in [6.07, 6.45) is 6.44. The van der Waals surface area contributed by atoms with Crippen molar-refractivity contribution in [3.8, 4) is 16.9 Å². The molecule has 11 heteroatoms. The molecule has 9 nitrogen and oxygen atoms in total. The maximum atomic E-state index is 15.0. The number of hydrogen-bond acceptors (Lipinski definition) is 5. The maximum Gasteiger partial charge on any atom is 0.354 e. The van der Waals surface area contributed by atoms with E-state index in [-0.39, 0.29) is 23.1 Å². The molecule has 0 bridgehead atoms. The van der Waals surface area contributed by atoms with Gasteiger partial charge < -0.3 is 27.9 Å². The third-order valence-electron chi connectivity index (χ3n) is 6.75. The van der Waals surface area contributed by atoms with E-state index in [4.69, 9.17) is 34.5 Å². The molecule has 0 spiro atoms. The van der Waals surface area contributed by atoms with Crippen molar-refractivity contribution in [1.29, 1.82) is 0 Å². The molecule has 0 amide bonds. The van der Waals surface area contributed by atoms with Gasteiger partial charge in [0, 0.05) is 35.8 Å². The number of benzene rings is 2. The van der Waals surface area contributed by atoms with Gasteiger partial charge >= 0.3 is 5.69 Å². The van der Waals surface area contributed by atoms with Crippen molar-refractivity contribution in [3.63, 3.8) is 0 Å². The number of aromatic amines is 1. The van der Waals surface area contributed by atoms with Crippen molar-refractivity contribution in [2.24, 2.45) is 27.9 Å². The molecule has 0 saturated carbocycles. The minimum Gasteiger partial charge on any atom is -0.370 e. The third kappa shape index (κ3) is 7.47. The number of aliphatic imine (C=N–C) groups is 1. The van der Waals surface area contributed by atoms with Gasteiger partial charge in [0.25, 0.3) is 0 Å². The summed E-state index contributed by atoms with van der Waals surface area (Å²) < 4.78 is 16.5. The van der Waals surface area contributed by atoms with Gasteiger partial charge in [-0.1, -0.05) is 23.7 Å². The predicted octanol–water partition coefficient (Wildman–Crippen LogP) is 3.77. The number of hydrogen-bond donors (Lipinski definition) is 5. The van der Waals surface area contributed by atoms with Gasteiger partial charge in [-0.3, -0.25) is 9.56 Å². The first-order valence-corrected chi connectivity index (χ1v) is 13.7. The van der Waals surface area contributed by atoms with Gasteiger partial charge in [-0.05, 0) is 86.9 Å². The summed E-state index contributed by atoms with van der Waals surface area (Å²) in [6.45, 7) is 2.51. The first-order valence-electron chi connectivity index (χ1n) is 13.4. The monoisotopic (exact) mass is 566 g/mol. The Hall–Kier alpha value is -3.73. The van der Waals surface area contributed by atoms with E-state index in [0.717, 1.165) is 43.2 Å². The quantitative estimate of drug-likeness (QED) is 0.0993. The molecule has 0 unspecified atom stereocenters. The predicted molar refractivity (Wildman–Crippen MR) is 160 cm³/mol. The highest BCUT2D eigenvalue weighted by atomic mass is 35.5. The zero-order chi connectivity index (χ0) is 28.8. The minimum absolute atomic E-state index is 0.0318. The summed E-state index contributed by atoms with van der Waals surface area (Å²) in [5.74, 6) is -0.443. The SMILES string of the molecule is C[C@H](N)CCCc1cc(Cl)c(F)c(-c2cc3cn(-c4ccc(C[C@H](N)CCCN=C(N)N)cc4)c(=O)nc3[nH]2)c1. The van der Waals surface area contributed by atoms with Crippen LogP contribution in [0.25, 0.3) is 28.0 Å². The summed E-state index contributed by atoms with van der Waals surface area (Å²) in [5.41, 5.74) is 26.2. The maximum absolute atomic E-state index is 15.0. The number of nitrogens with zero attached hydrogens (tertiary/aromatic N) is 3. The zero-order valence-electron chi connectivity index (χ0n) is 22.5. The number of guanidine groups is 1. The van der Waals surface area contributed by atoms with Crippen molar-refractivity contribution in [1.82, 2.24) is 14.5 Å². The summed E-state index contributed by atoms with van der Waals surface area (Å²) in [4.78, 5) is 24.1. The molecule has 4 rings (SSSR count). The van der Waals surface area contributed by atoms with Crippen molar-refractivity contribution >= 4 is 28.6 Å². The Kier molecular flexibility index (Phi) is 9.57. The highest BCUT2D eigenvalue weighted by Crippen LogP contribution is 2.31. The largest absolute Gasteiger partial charge is 0.370 e. The molecule has 2 heterocycles. The number of nitrogens with two attached hydrogens (primary N) is 4. The van der Waals surface area contributed by atoms with Crippen LogP contribution in [0.1, 0.15) is 43.7 Å². The number of fused-ring (bicyclic) bond motifs is 1. The fraction of sp³-hybridized carbons (Fsp3) is 0.345. The van der Waals surface area contributed by atoms with Crippen LogP contribution in [0, 0.1) is 5.82 Å². The topological polar surface area (TPSA) is 167 Å². The molecule has 212 valence electrons. The highest BCUT2D eigenvalue weighted by Gasteiger charge is 2.16. The Morgan fingerprint density at radius 2 is 1.85 bits per heavy atom. The van der Waals surface area contributed by atoms with Crippen LogP contribution in [0.3, 0.4) is 0 Å². The summed E-state index contributed by atoms with van der Waals surface area (Å²) >= 11 is 6.22. The van der Waals surface area contributed by atoms with Crippen molar-refractivity contribution in [2.45, 2.75) is 57.5 Å². The van der Waals surface area contributed by atoms with Crippen molar-refractivity contribution in [2.75, 3.05) is 6.54 Å². The molecule has 0 radical (unpaired) electrons. The van der Waals surface area contributed by atoms with Gasteiger partial charge in [0.15, 0.2) is 11.8 Å². The first-order chi connectivity index (χ1) is 19.1. The Bertz CT molecular complexity index is 1540. The van der Waals surface area contributed by atoms with Crippen LogP contribution >= 0.6 is 11.6 Å². The van der Waals surface area contributed by atoms with Crippen LogP contribution in [0.5, 0.6) is 0 Å². The second-order valence-electron chi connectivity index (χ2n) is 10.3. The van der Waals surface area contributed by atoms with Gasteiger partial charge in [0.2, 0.25) is 0 Å². The number of aromatic nitrogens is 3. The molecule has 0 aliphatic heterocycles. The van der Waals surface area contributed by atoms with Crippen LogP contribution in [0.15, 0.2) is 58.4 Å². The molecule has 0 saturated heterocycles. The Morgan fingerprint density at radius 1 is 1.10 bits per heavy atom. The van der Waals surface area contributed by atoms with Gasteiger partial charge in [0.05, 0.1) is 16.4 Å². The lowest BCUT2D eigenvalue weighted by Gasteiger charge is -2.12. The number of aryl methyl sites for hydroxylation is 1. The number of halogens is 2. The molecular weight excluding hydrogens is 531 g/mol. The van der Waals surface area contributed by atoms with Gasteiger partial charge in [-0.2, -0.15) is 4.98 Å². The van der Waals surface area contributed by atoms with Crippen LogP contribution in [0.4, 0.5) is 4.39 Å². The Morgan fingerprint density at radius 3 is 2.55 bits per heavy atom. The molecule has 2 atom stereocenters. The molecular formula is C29H36ClFN8O. The van der Waals surface area contributed by atoms with E-state index in [2.05, 4.69) is 15.0 Å². The van der Waals surface area contributed by atoms with Crippen LogP contribution in [-0.2, 0) is 12.8 Å². The van der Waals surface area contributed by atoms with Gasteiger partial charge in [-0.25, -0.2) is 9.18 Å². The Balaban J connectivity index is 1.52. The lowest BCUT2D eigenvalue weighted by molar-refractivity contribution is 0.585. The first kappa shape index (κ1) is 29.3. The summed E-state index contributed by atoms with van der Waals surface area (Å²) in [5, 5.41) is 0.715. The molecule has 40 heavy (non-hydrogen) atoms. The molecule has 2 aromatic carbocycles. The van der Waals surface area contributed by atoms with Crippen molar-refractivity contribution < 1.29 is 4.39 Å². The summed E-state index contributed by atoms with van der Waals surface area (Å²) in [6, 6.07) is 12.9. The van der Waals surface area contributed by atoms with E-state index in [1.165, 1.54) is 4.57 Å². The fourth-order valence-corrected chi connectivity index (χ4v) is 4.94. The van der Waals surface area contributed by atoms with E-state index in [0.29, 0.717) is 40.9 Å². The normalized spacial score (nSPS) is 12.9. The van der Waals surface area contributed by atoms with Crippen molar-refractivity contribution in [3.05, 3.63) is 81.1 Å². The van der Waals surface area contributed by atoms with E-state index < -0.39 is 11.5 Å². The average Bonchev–Trinajstić information content (AvgIpc) is 3.31. The van der Waals surface area contributed by atoms with E-state index in [1.54, 1.807) is 24.4 Å². The number of rotatable bonds is 12. The molecule has 9 N–H and O–H groups in total. The van der Waals surface area contributed by atoms with Crippen LogP contribution < -0.4 is 28.6 Å². The third-order valence-corrected chi connectivity index (χ3v) is 7.03. The lowest BCUT2D eigenvalue weighted by Crippen LogP contribution is -2.25. The minimum atomic E-state index is -0.524. The highest BCUT2D eigenvalue weighted by molar-refractivity contribution is 6.31. The van der Waals surface area contributed by atoms with Gasteiger partial charge in [0.1, 0.15) is 5.65 Å².